The maximum Gasteiger partial charge on any atom is 0.290 e. The molecule has 0 N–H and O–H groups in total. The second kappa shape index (κ2) is 6.41. The summed E-state index contributed by atoms with van der Waals surface area (Å²) in [6.45, 7) is 4.30. The van der Waals surface area contributed by atoms with E-state index in [4.69, 9.17) is 16.0 Å². The summed E-state index contributed by atoms with van der Waals surface area (Å²) >= 11 is 6.02. The predicted octanol–water partition coefficient (Wildman–Crippen LogP) is 3.43. The van der Waals surface area contributed by atoms with Crippen LogP contribution in [0.1, 0.15) is 35.9 Å². The van der Waals surface area contributed by atoms with Gasteiger partial charge in [-0.1, -0.05) is 18.5 Å². The average Bonchev–Trinajstić information content (AvgIpc) is 3.04. The zero-order valence-corrected chi connectivity index (χ0v) is 15.3. The Morgan fingerprint density at radius 2 is 2.17 bits per heavy atom. The van der Waals surface area contributed by atoms with E-state index < -0.39 is 9.84 Å². The minimum Gasteiger partial charge on any atom is -0.451 e. The van der Waals surface area contributed by atoms with Gasteiger partial charge < -0.3 is 9.32 Å². The topological polar surface area (TPSA) is 67.6 Å². The van der Waals surface area contributed by atoms with E-state index in [9.17, 15) is 13.2 Å². The monoisotopic (exact) mass is 369 g/mol. The van der Waals surface area contributed by atoms with Crippen molar-refractivity contribution in [2.45, 2.75) is 32.7 Å². The number of fused-ring (bicyclic) bond motifs is 1. The summed E-state index contributed by atoms with van der Waals surface area (Å²) in [5.74, 6) is 0.192. The highest BCUT2D eigenvalue weighted by Crippen LogP contribution is 2.30. The van der Waals surface area contributed by atoms with Crippen LogP contribution < -0.4 is 0 Å². The second-order valence-corrected chi connectivity index (χ2v) is 8.92. The van der Waals surface area contributed by atoms with Gasteiger partial charge in [0.2, 0.25) is 0 Å². The lowest BCUT2D eigenvalue weighted by molar-refractivity contribution is 0.0666. The fourth-order valence-corrected chi connectivity index (χ4v) is 5.14. The standard InChI is InChI=1S/C17H20ClNO4S/c1-3-7-19(13-6-8-24(21,22)10-13)17(20)16-11(2)14-9-12(18)4-5-15(14)23-16/h4-5,9,13H,3,6-8,10H2,1-2H3/t13-/m0/s1. The molecule has 0 unspecified atom stereocenters. The molecule has 2 heterocycles. The smallest absolute Gasteiger partial charge is 0.290 e. The SMILES string of the molecule is CCCN(C(=O)c1oc2ccc(Cl)cc2c1C)[C@H]1CCS(=O)(=O)C1. The fraction of sp³-hybridized carbons (Fsp3) is 0.471. The van der Waals surface area contributed by atoms with Gasteiger partial charge in [-0.05, 0) is 38.0 Å². The molecule has 1 aliphatic rings. The lowest BCUT2D eigenvalue weighted by Gasteiger charge is -2.27. The second-order valence-electron chi connectivity index (χ2n) is 6.25. The van der Waals surface area contributed by atoms with Crippen molar-refractivity contribution in [1.82, 2.24) is 4.90 Å². The fourth-order valence-electron chi connectivity index (χ4n) is 3.24. The van der Waals surface area contributed by atoms with Crippen LogP contribution >= 0.6 is 11.6 Å². The van der Waals surface area contributed by atoms with E-state index in [1.165, 1.54) is 0 Å². The van der Waals surface area contributed by atoms with E-state index in [1.807, 2.05) is 13.8 Å². The molecule has 0 aliphatic carbocycles. The molecule has 5 nitrogen and oxygen atoms in total. The number of nitrogens with zero attached hydrogens (tertiary/aromatic N) is 1. The molecule has 2 aromatic rings. The highest BCUT2D eigenvalue weighted by atomic mass is 35.5. The van der Waals surface area contributed by atoms with E-state index in [1.54, 1.807) is 23.1 Å². The number of hydrogen-bond donors (Lipinski definition) is 0. The quantitative estimate of drug-likeness (QED) is 0.827. The molecule has 130 valence electrons. The number of halogens is 1. The maximum absolute atomic E-state index is 13.0. The first-order valence-corrected chi connectivity index (χ1v) is 10.2. The van der Waals surface area contributed by atoms with E-state index in [2.05, 4.69) is 0 Å². The van der Waals surface area contributed by atoms with E-state index in [-0.39, 0.29) is 29.2 Å². The molecule has 1 saturated heterocycles. The Labute approximate surface area is 146 Å². The Balaban J connectivity index is 1.97. The molecule has 0 bridgehead atoms. The molecule has 1 amide bonds. The first-order chi connectivity index (χ1) is 11.3. The van der Waals surface area contributed by atoms with Crippen molar-refractivity contribution in [2.24, 2.45) is 0 Å². The Kier molecular flexibility index (Phi) is 4.62. The van der Waals surface area contributed by atoms with Crippen LogP contribution in [0.15, 0.2) is 22.6 Å². The molecule has 1 atom stereocenters. The van der Waals surface area contributed by atoms with Crippen LogP contribution in [0, 0.1) is 6.92 Å². The molecular weight excluding hydrogens is 350 g/mol. The van der Waals surface area contributed by atoms with Crippen molar-refractivity contribution in [3.8, 4) is 0 Å². The molecule has 0 saturated carbocycles. The van der Waals surface area contributed by atoms with Crippen LogP contribution in [-0.2, 0) is 9.84 Å². The van der Waals surface area contributed by atoms with Gasteiger partial charge in [0.25, 0.3) is 5.91 Å². The largest absolute Gasteiger partial charge is 0.451 e. The molecule has 1 fully saturated rings. The van der Waals surface area contributed by atoms with Crippen molar-refractivity contribution in [1.29, 1.82) is 0 Å². The molecule has 1 aliphatic heterocycles. The van der Waals surface area contributed by atoms with E-state index in [0.29, 0.717) is 23.6 Å². The summed E-state index contributed by atoms with van der Waals surface area (Å²) in [4.78, 5) is 14.7. The minimum absolute atomic E-state index is 0.0316. The lowest BCUT2D eigenvalue weighted by atomic mass is 10.1. The number of carbonyl (C=O) groups is 1. The molecule has 1 aromatic carbocycles. The van der Waals surface area contributed by atoms with Crippen molar-refractivity contribution in [3.63, 3.8) is 0 Å². The average molecular weight is 370 g/mol. The third kappa shape index (κ3) is 3.17. The van der Waals surface area contributed by atoms with Crippen molar-refractivity contribution in [3.05, 3.63) is 34.5 Å². The van der Waals surface area contributed by atoms with Gasteiger partial charge in [-0.2, -0.15) is 0 Å². The molecule has 1 aromatic heterocycles. The van der Waals surface area contributed by atoms with Gasteiger partial charge in [-0.15, -0.1) is 0 Å². The van der Waals surface area contributed by atoms with Crippen molar-refractivity contribution >= 4 is 38.3 Å². The molecule has 0 spiro atoms. The number of benzene rings is 1. The molecule has 7 heteroatoms. The highest BCUT2D eigenvalue weighted by Gasteiger charge is 2.36. The highest BCUT2D eigenvalue weighted by molar-refractivity contribution is 7.91. The Hall–Kier alpha value is -1.53. The third-order valence-electron chi connectivity index (χ3n) is 4.47. The summed E-state index contributed by atoms with van der Waals surface area (Å²) in [6.07, 6.45) is 1.24. The van der Waals surface area contributed by atoms with Gasteiger partial charge in [0.15, 0.2) is 15.6 Å². The molecule has 24 heavy (non-hydrogen) atoms. The molecule has 3 rings (SSSR count). The Bertz CT molecular complexity index is 887. The zero-order chi connectivity index (χ0) is 17.5. The van der Waals surface area contributed by atoms with Gasteiger partial charge in [0.05, 0.1) is 11.5 Å². The number of furan rings is 1. The predicted molar refractivity (Wildman–Crippen MR) is 94.3 cm³/mol. The van der Waals surface area contributed by atoms with E-state index >= 15 is 0 Å². The van der Waals surface area contributed by atoms with E-state index in [0.717, 1.165) is 17.4 Å². The van der Waals surface area contributed by atoms with Crippen molar-refractivity contribution in [2.75, 3.05) is 18.1 Å². The van der Waals surface area contributed by atoms with Gasteiger partial charge in [0.1, 0.15) is 5.58 Å². The summed E-state index contributed by atoms with van der Waals surface area (Å²) in [5, 5.41) is 1.39. The van der Waals surface area contributed by atoms with Crippen LogP contribution in [0.5, 0.6) is 0 Å². The number of hydrogen-bond acceptors (Lipinski definition) is 4. The van der Waals surface area contributed by atoms with Crippen LogP contribution in [0.4, 0.5) is 0 Å². The minimum atomic E-state index is -3.06. The van der Waals surface area contributed by atoms with Crippen LogP contribution in [0.25, 0.3) is 11.0 Å². The van der Waals surface area contributed by atoms with Gasteiger partial charge in [0, 0.05) is 28.6 Å². The van der Waals surface area contributed by atoms with Crippen LogP contribution in [-0.4, -0.2) is 43.3 Å². The first kappa shape index (κ1) is 17.3. The molecule has 0 radical (unpaired) electrons. The summed E-state index contributed by atoms with van der Waals surface area (Å²) in [5.41, 5.74) is 1.34. The summed E-state index contributed by atoms with van der Waals surface area (Å²) in [7, 11) is -3.06. The number of amides is 1. The normalized spacial score (nSPS) is 19.7. The Morgan fingerprint density at radius 1 is 1.42 bits per heavy atom. The molecular formula is C17H20ClNO4S. The lowest BCUT2D eigenvalue weighted by Crippen LogP contribution is -2.41. The summed E-state index contributed by atoms with van der Waals surface area (Å²) in [6, 6.07) is 4.95. The third-order valence-corrected chi connectivity index (χ3v) is 6.45. The van der Waals surface area contributed by atoms with Gasteiger partial charge in [-0.3, -0.25) is 4.79 Å². The first-order valence-electron chi connectivity index (χ1n) is 8.02. The summed E-state index contributed by atoms with van der Waals surface area (Å²) < 4.78 is 29.3. The number of carbonyl (C=O) groups excluding carboxylic acids is 1. The zero-order valence-electron chi connectivity index (χ0n) is 13.7. The maximum atomic E-state index is 13.0. The number of rotatable bonds is 4. The number of aryl methyl sites for hydroxylation is 1. The van der Waals surface area contributed by atoms with Crippen molar-refractivity contribution < 1.29 is 17.6 Å². The number of sulfone groups is 1. The van der Waals surface area contributed by atoms with Gasteiger partial charge in [-0.25, -0.2) is 8.42 Å². The van der Waals surface area contributed by atoms with Gasteiger partial charge >= 0.3 is 0 Å². The van der Waals surface area contributed by atoms with Crippen LogP contribution in [0.2, 0.25) is 5.02 Å². The van der Waals surface area contributed by atoms with Crippen LogP contribution in [0.3, 0.4) is 0 Å². The Morgan fingerprint density at radius 3 is 2.79 bits per heavy atom.